The summed E-state index contributed by atoms with van der Waals surface area (Å²) in [6, 6.07) is 6.74. The van der Waals surface area contributed by atoms with Gasteiger partial charge in [-0.25, -0.2) is 40.2 Å². The maximum atomic E-state index is 12.7. The number of anilines is 1. The molecule has 0 unspecified atom stereocenters. The van der Waals surface area contributed by atoms with E-state index in [4.69, 9.17) is 20.5 Å². The summed E-state index contributed by atoms with van der Waals surface area (Å²) in [5.74, 6) is 6.11. The highest BCUT2D eigenvalue weighted by atomic mass is 32.1. The Balaban J connectivity index is 1.64. The van der Waals surface area contributed by atoms with Crippen LogP contribution in [0.4, 0.5) is 10.6 Å². The van der Waals surface area contributed by atoms with Crippen LogP contribution in [0.2, 0.25) is 0 Å². The molecule has 0 radical (unpaired) electrons. The summed E-state index contributed by atoms with van der Waals surface area (Å²) in [6.07, 6.45) is 2.95. The smallest absolute Gasteiger partial charge is 0.320 e. The lowest BCUT2D eigenvalue weighted by molar-refractivity contribution is 0.0958. The molecule has 5 heterocycles. The average molecular weight is 578 g/mol. The van der Waals surface area contributed by atoms with Crippen molar-refractivity contribution >= 4 is 40.4 Å². The number of nitrogens with two attached hydrogens (primary N) is 1. The first-order valence-electron chi connectivity index (χ1n) is 11.8. The van der Waals surface area contributed by atoms with Crippen LogP contribution in [-0.4, -0.2) is 60.3 Å². The Labute approximate surface area is 235 Å². The van der Waals surface area contributed by atoms with E-state index < -0.39 is 11.9 Å². The van der Waals surface area contributed by atoms with Crippen molar-refractivity contribution in [2.45, 2.75) is 6.92 Å². The fraction of sp³-hybridized carbons (Fsp3) is 0.167. The highest BCUT2D eigenvalue weighted by molar-refractivity contribution is 7.17. The molecule has 0 saturated heterocycles. The topological polar surface area (TPSA) is 188 Å². The number of ether oxygens (including phenoxy) is 1. The van der Waals surface area contributed by atoms with Gasteiger partial charge in [-0.05, 0) is 19.1 Å². The molecule has 0 fully saturated rings. The molecule has 5 aromatic rings. The van der Waals surface area contributed by atoms with E-state index in [2.05, 4.69) is 36.1 Å². The van der Waals surface area contributed by atoms with Crippen LogP contribution in [-0.2, 0) is 7.05 Å². The highest BCUT2D eigenvalue weighted by Crippen LogP contribution is 2.40. The fourth-order valence-corrected chi connectivity index (χ4v) is 5.53. The fourth-order valence-electron chi connectivity index (χ4n) is 3.70. The molecule has 0 aliphatic rings. The van der Waals surface area contributed by atoms with Crippen molar-refractivity contribution in [1.29, 1.82) is 0 Å². The van der Waals surface area contributed by atoms with Crippen molar-refractivity contribution in [2.75, 3.05) is 19.0 Å². The van der Waals surface area contributed by atoms with Gasteiger partial charge in [0, 0.05) is 42.4 Å². The Hall–Kier alpha value is -4.80. The van der Waals surface area contributed by atoms with Crippen LogP contribution >= 0.6 is 22.7 Å². The molecule has 0 spiro atoms. The summed E-state index contributed by atoms with van der Waals surface area (Å²) < 4.78 is 6.76. The Morgan fingerprint density at radius 1 is 1.10 bits per heavy atom. The van der Waals surface area contributed by atoms with Crippen molar-refractivity contribution in [1.82, 2.24) is 45.4 Å². The van der Waals surface area contributed by atoms with Crippen molar-refractivity contribution in [3.63, 3.8) is 0 Å². The van der Waals surface area contributed by atoms with Crippen LogP contribution in [0.3, 0.4) is 0 Å². The summed E-state index contributed by atoms with van der Waals surface area (Å²) in [4.78, 5) is 47.8. The number of thiazole rings is 2. The minimum atomic E-state index is -0.522. The van der Waals surface area contributed by atoms with Crippen LogP contribution in [0, 0.1) is 0 Å². The number of urea groups is 1. The zero-order chi connectivity index (χ0) is 28.2. The monoisotopic (exact) mass is 577 g/mol. The van der Waals surface area contributed by atoms with E-state index in [-0.39, 0.29) is 4.88 Å². The molecule has 0 aliphatic carbocycles. The lowest BCUT2D eigenvalue weighted by Gasteiger charge is -2.09. The number of nitrogen functional groups attached to an aromatic ring is 1. The molecule has 204 valence electrons. The first-order chi connectivity index (χ1) is 19.4. The summed E-state index contributed by atoms with van der Waals surface area (Å²) >= 11 is 2.50. The van der Waals surface area contributed by atoms with Crippen LogP contribution in [0.25, 0.3) is 44.0 Å². The van der Waals surface area contributed by atoms with Crippen LogP contribution in [0.1, 0.15) is 16.6 Å². The quantitative estimate of drug-likeness (QED) is 0.121. The predicted molar refractivity (Wildman–Crippen MR) is 151 cm³/mol. The number of rotatable bonds is 8. The Kier molecular flexibility index (Phi) is 7.72. The number of aryl methyl sites for hydroxylation is 1. The van der Waals surface area contributed by atoms with Gasteiger partial charge in [0.2, 0.25) is 5.88 Å². The second kappa shape index (κ2) is 11.5. The Morgan fingerprint density at radius 2 is 1.95 bits per heavy atom. The second-order valence-electron chi connectivity index (χ2n) is 8.08. The zero-order valence-electron chi connectivity index (χ0n) is 21.5. The number of nitrogens with zero attached hydrogens (tertiary/aromatic N) is 7. The molecule has 0 saturated carbocycles. The first kappa shape index (κ1) is 26.8. The number of carbonyl (C=O) groups excluding carboxylic acids is 2. The molecule has 5 N–H and O–H groups in total. The maximum absolute atomic E-state index is 12.7. The molecule has 14 nitrogen and oxygen atoms in total. The molecule has 16 heteroatoms. The number of aromatic nitrogens is 7. The van der Waals surface area contributed by atoms with E-state index >= 15 is 0 Å². The SMILES string of the molecule is CCNC(=O)Nc1cc(-c2nc(-c3cccc(OC)n3)cs2)c(-c2nc(-c3ncnn3C)c(C(=O)NN)s2)cn1. The third-order valence-corrected chi connectivity index (χ3v) is 7.49. The number of hydrogen-bond donors (Lipinski definition) is 4. The van der Waals surface area contributed by atoms with Gasteiger partial charge in [-0.15, -0.1) is 22.7 Å². The van der Waals surface area contributed by atoms with Gasteiger partial charge in [0.25, 0.3) is 5.91 Å². The molecular formula is C24H23N11O3S2. The molecule has 0 aliphatic heterocycles. The molecule has 0 atom stereocenters. The molecule has 5 aromatic heterocycles. The van der Waals surface area contributed by atoms with Gasteiger partial charge in [-0.3, -0.25) is 15.5 Å². The summed E-state index contributed by atoms with van der Waals surface area (Å²) in [6.45, 7) is 2.27. The standard InChI is InChI=1S/C24H23N11O3S2/c1-4-26-24(37)32-16-8-12(22-31-15(10-39-22)14-6-5-7-17(30-14)38-3)13(9-27-16)23-33-18(19(40-23)21(36)34-25)20-28-11-29-35(20)2/h5-11H,4,25H2,1-3H3,(H,34,36)(H2,26,27,32,37). The number of hydrogen-bond acceptors (Lipinski definition) is 12. The third kappa shape index (κ3) is 5.35. The molecule has 0 aromatic carbocycles. The van der Waals surface area contributed by atoms with Gasteiger partial charge in [0.05, 0.1) is 12.8 Å². The Bertz CT molecular complexity index is 1690. The van der Waals surface area contributed by atoms with E-state index in [1.165, 1.54) is 22.3 Å². The minimum Gasteiger partial charge on any atom is -0.481 e. The number of amides is 3. The summed E-state index contributed by atoms with van der Waals surface area (Å²) in [7, 11) is 3.25. The Morgan fingerprint density at radius 3 is 2.67 bits per heavy atom. The first-order valence-corrected chi connectivity index (χ1v) is 13.5. The second-order valence-corrected chi connectivity index (χ2v) is 9.94. The van der Waals surface area contributed by atoms with Gasteiger partial charge < -0.3 is 10.1 Å². The van der Waals surface area contributed by atoms with Crippen LogP contribution in [0.15, 0.2) is 42.2 Å². The van der Waals surface area contributed by atoms with E-state index in [0.29, 0.717) is 62.3 Å². The van der Waals surface area contributed by atoms with E-state index in [1.54, 1.807) is 32.5 Å². The third-order valence-electron chi connectivity index (χ3n) is 5.53. The van der Waals surface area contributed by atoms with Crippen LogP contribution < -0.4 is 26.6 Å². The average Bonchev–Trinajstić information content (AvgIpc) is 3.72. The maximum Gasteiger partial charge on any atom is 0.320 e. The van der Waals surface area contributed by atoms with Gasteiger partial charge in [0.15, 0.2) is 5.82 Å². The van der Waals surface area contributed by atoms with Crippen molar-refractivity contribution in [3.05, 3.63) is 47.0 Å². The van der Waals surface area contributed by atoms with Gasteiger partial charge >= 0.3 is 6.03 Å². The molecule has 40 heavy (non-hydrogen) atoms. The van der Waals surface area contributed by atoms with Crippen LogP contribution in [0.5, 0.6) is 5.88 Å². The van der Waals surface area contributed by atoms with Crippen molar-refractivity contribution in [2.24, 2.45) is 12.9 Å². The van der Waals surface area contributed by atoms with Gasteiger partial charge in [-0.1, -0.05) is 6.07 Å². The van der Waals surface area contributed by atoms with E-state index in [0.717, 1.165) is 11.3 Å². The van der Waals surface area contributed by atoms with Crippen molar-refractivity contribution in [3.8, 4) is 49.9 Å². The zero-order valence-corrected chi connectivity index (χ0v) is 23.1. The highest BCUT2D eigenvalue weighted by Gasteiger charge is 2.25. The molecule has 0 bridgehead atoms. The van der Waals surface area contributed by atoms with E-state index in [9.17, 15) is 9.59 Å². The lowest BCUT2D eigenvalue weighted by atomic mass is 10.1. The summed E-state index contributed by atoms with van der Waals surface area (Å²) in [5, 5.41) is 12.5. The van der Waals surface area contributed by atoms with Gasteiger partial charge in [-0.2, -0.15) is 5.10 Å². The molecular weight excluding hydrogens is 554 g/mol. The summed E-state index contributed by atoms with van der Waals surface area (Å²) in [5.41, 5.74) is 4.99. The van der Waals surface area contributed by atoms with Gasteiger partial charge in [0.1, 0.15) is 38.4 Å². The molecule has 3 amide bonds. The largest absolute Gasteiger partial charge is 0.481 e. The molecule has 5 rings (SSSR count). The number of pyridine rings is 2. The predicted octanol–water partition coefficient (Wildman–Crippen LogP) is 2.94. The lowest BCUT2D eigenvalue weighted by Crippen LogP contribution is -2.29. The number of carbonyl (C=O) groups is 2. The van der Waals surface area contributed by atoms with E-state index in [1.807, 2.05) is 24.4 Å². The normalized spacial score (nSPS) is 10.8. The number of methoxy groups -OCH3 is 1. The number of hydrazine groups is 1. The number of nitrogens with one attached hydrogen (secondary N) is 3. The van der Waals surface area contributed by atoms with Crippen molar-refractivity contribution < 1.29 is 14.3 Å². The minimum absolute atomic E-state index is 0.254.